The first-order chi connectivity index (χ1) is 6.85. The van der Waals surface area contributed by atoms with E-state index in [2.05, 4.69) is 15.2 Å². The molecule has 1 aromatic carbocycles. The van der Waals surface area contributed by atoms with E-state index < -0.39 is 0 Å². The van der Waals surface area contributed by atoms with Gasteiger partial charge in [0.05, 0.1) is 23.7 Å². The molecule has 0 bridgehead atoms. The Morgan fingerprint density at radius 2 is 2.43 bits per heavy atom. The van der Waals surface area contributed by atoms with Crippen LogP contribution < -0.4 is 4.74 Å². The Morgan fingerprint density at radius 1 is 1.57 bits per heavy atom. The molecule has 0 fully saturated rings. The van der Waals surface area contributed by atoms with Gasteiger partial charge in [-0.2, -0.15) is 4.99 Å². The number of aromatic amines is 1. The number of carbonyl (C=O) groups excluding carboxylic acids is 1. The Labute approximate surface area is 79.4 Å². The zero-order valence-electron chi connectivity index (χ0n) is 7.44. The van der Waals surface area contributed by atoms with Gasteiger partial charge in [0.25, 0.3) is 0 Å². The van der Waals surface area contributed by atoms with Crippen LogP contribution in [-0.4, -0.2) is 23.4 Å². The lowest BCUT2D eigenvalue weighted by Crippen LogP contribution is -1.81. The summed E-state index contributed by atoms with van der Waals surface area (Å²) in [4.78, 5) is 13.5. The van der Waals surface area contributed by atoms with E-state index in [4.69, 9.17) is 4.74 Å². The van der Waals surface area contributed by atoms with E-state index in [1.165, 1.54) is 6.08 Å². The molecule has 0 aliphatic heterocycles. The Morgan fingerprint density at radius 3 is 3.14 bits per heavy atom. The highest BCUT2D eigenvalue weighted by atomic mass is 16.5. The number of nitrogens with one attached hydrogen (secondary N) is 1. The Kier molecular flexibility index (Phi) is 2.01. The molecule has 2 rings (SSSR count). The van der Waals surface area contributed by atoms with Crippen LogP contribution in [0.25, 0.3) is 10.9 Å². The number of isocyanates is 1. The van der Waals surface area contributed by atoms with E-state index in [1.54, 1.807) is 25.3 Å². The number of aliphatic imine (C=N–C) groups is 1. The summed E-state index contributed by atoms with van der Waals surface area (Å²) in [5.74, 6) is 0.529. The maximum atomic E-state index is 10.0. The average Bonchev–Trinajstić information content (AvgIpc) is 2.60. The number of H-pyrrole nitrogens is 1. The molecule has 70 valence electrons. The van der Waals surface area contributed by atoms with Crippen molar-refractivity contribution in [2.24, 2.45) is 4.99 Å². The summed E-state index contributed by atoms with van der Waals surface area (Å²) in [5.41, 5.74) is 1.32. The van der Waals surface area contributed by atoms with Crippen LogP contribution in [-0.2, 0) is 4.79 Å². The van der Waals surface area contributed by atoms with Crippen molar-refractivity contribution in [1.82, 2.24) is 10.2 Å². The van der Waals surface area contributed by atoms with Gasteiger partial charge in [0, 0.05) is 0 Å². The van der Waals surface area contributed by atoms with Crippen molar-refractivity contribution in [1.29, 1.82) is 0 Å². The summed E-state index contributed by atoms with van der Waals surface area (Å²) in [6.45, 7) is 0. The second-order valence-corrected chi connectivity index (χ2v) is 2.67. The average molecular weight is 189 g/mol. The van der Waals surface area contributed by atoms with Crippen LogP contribution in [0, 0.1) is 0 Å². The maximum Gasteiger partial charge on any atom is 0.240 e. The number of methoxy groups -OCH3 is 1. The van der Waals surface area contributed by atoms with Crippen molar-refractivity contribution in [2.75, 3.05) is 7.11 Å². The van der Waals surface area contributed by atoms with E-state index in [0.29, 0.717) is 11.6 Å². The molecule has 5 nitrogen and oxygen atoms in total. The molecule has 0 radical (unpaired) electrons. The molecule has 0 unspecified atom stereocenters. The van der Waals surface area contributed by atoms with Crippen LogP contribution in [0.2, 0.25) is 0 Å². The van der Waals surface area contributed by atoms with Gasteiger partial charge in [-0.05, 0) is 18.2 Å². The van der Waals surface area contributed by atoms with Gasteiger partial charge < -0.3 is 4.74 Å². The van der Waals surface area contributed by atoms with Crippen LogP contribution in [0.4, 0.5) is 5.69 Å². The summed E-state index contributed by atoms with van der Waals surface area (Å²) in [6.07, 6.45) is 1.48. The number of ether oxygens (including phenoxy) is 1. The third kappa shape index (κ3) is 1.26. The summed E-state index contributed by atoms with van der Waals surface area (Å²) >= 11 is 0. The molecule has 0 spiro atoms. The topological polar surface area (TPSA) is 67.3 Å². The fraction of sp³-hybridized carbons (Fsp3) is 0.111. The largest absolute Gasteiger partial charge is 0.480 e. The standard InChI is InChI=1S/C9H7N3O2/c1-14-9-7-3-2-6(10-5-13)4-8(7)11-12-9/h2-4H,1H3,(H,11,12). The lowest BCUT2D eigenvalue weighted by molar-refractivity contribution is 0.401. The maximum absolute atomic E-state index is 10.0. The van der Waals surface area contributed by atoms with Crippen molar-refractivity contribution < 1.29 is 9.53 Å². The Hall–Kier alpha value is -2.13. The van der Waals surface area contributed by atoms with Crippen molar-refractivity contribution in [3.05, 3.63) is 18.2 Å². The zero-order chi connectivity index (χ0) is 9.97. The molecule has 1 aromatic heterocycles. The Bertz CT molecular complexity index is 512. The van der Waals surface area contributed by atoms with Crippen LogP contribution >= 0.6 is 0 Å². The van der Waals surface area contributed by atoms with E-state index in [1.807, 2.05) is 0 Å². The Balaban J connectivity index is 2.62. The molecule has 14 heavy (non-hydrogen) atoms. The van der Waals surface area contributed by atoms with E-state index in [-0.39, 0.29) is 0 Å². The third-order valence-electron chi connectivity index (χ3n) is 1.88. The molecule has 2 aromatic rings. The van der Waals surface area contributed by atoms with Gasteiger partial charge in [-0.1, -0.05) is 0 Å². The minimum absolute atomic E-state index is 0.529. The number of aromatic nitrogens is 2. The molecule has 0 aliphatic rings. The normalized spacial score (nSPS) is 9.79. The highest BCUT2D eigenvalue weighted by Gasteiger charge is 2.04. The lowest BCUT2D eigenvalue weighted by atomic mass is 10.2. The number of hydrogen-bond acceptors (Lipinski definition) is 4. The predicted octanol–water partition coefficient (Wildman–Crippen LogP) is 1.54. The number of hydrogen-bond donors (Lipinski definition) is 1. The SMILES string of the molecule is COc1n[nH]c2cc(N=C=O)ccc12. The van der Waals surface area contributed by atoms with Crippen LogP contribution in [0.3, 0.4) is 0 Å². The molecule has 0 atom stereocenters. The first-order valence-corrected chi connectivity index (χ1v) is 3.95. The van der Waals surface area contributed by atoms with E-state index in [9.17, 15) is 4.79 Å². The van der Waals surface area contributed by atoms with Crippen LogP contribution in [0.15, 0.2) is 23.2 Å². The third-order valence-corrected chi connectivity index (χ3v) is 1.88. The first-order valence-electron chi connectivity index (χ1n) is 3.95. The number of benzene rings is 1. The van der Waals surface area contributed by atoms with Crippen molar-refractivity contribution in [3.63, 3.8) is 0 Å². The smallest absolute Gasteiger partial charge is 0.240 e. The molecular formula is C9H7N3O2. The molecule has 0 amide bonds. The number of nitrogens with zero attached hydrogens (tertiary/aromatic N) is 2. The molecule has 1 heterocycles. The van der Waals surface area contributed by atoms with Gasteiger partial charge >= 0.3 is 0 Å². The lowest BCUT2D eigenvalue weighted by Gasteiger charge is -1.93. The van der Waals surface area contributed by atoms with Gasteiger partial charge in [-0.25, -0.2) is 4.79 Å². The molecule has 0 saturated heterocycles. The van der Waals surface area contributed by atoms with E-state index >= 15 is 0 Å². The fourth-order valence-electron chi connectivity index (χ4n) is 1.26. The first kappa shape index (κ1) is 8.47. The quantitative estimate of drug-likeness (QED) is 0.575. The highest BCUT2D eigenvalue weighted by molar-refractivity contribution is 5.86. The molecule has 5 heteroatoms. The van der Waals surface area contributed by atoms with Crippen molar-refractivity contribution in [2.45, 2.75) is 0 Å². The molecule has 0 aliphatic carbocycles. The molecular weight excluding hydrogens is 182 g/mol. The highest BCUT2D eigenvalue weighted by Crippen LogP contribution is 2.25. The van der Waals surface area contributed by atoms with Crippen LogP contribution in [0.1, 0.15) is 0 Å². The fourth-order valence-corrected chi connectivity index (χ4v) is 1.26. The van der Waals surface area contributed by atoms with Gasteiger partial charge in [-0.3, -0.25) is 5.10 Å². The summed E-state index contributed by atoms with van der Waals surface area (Å²) in [5, 5.41) is 7.56. The predicted molar refractivity (Wildman–Crippen MR) is 50.4 cm³/mol. The number of rotatable bonds is 2. The summed E-state index contributed by atoms with van der Waals surface area (Å²) < 4.78 is 5.02. The van der Waals surface area contributed by atoms with Gasteiger partial charge in [0.1, 0.15) is 0 Å². The van der Waals surface area contributed by atoms with Crippen molar-refractivity contribution in [3.8, 4) is 5.88 Å². The summed E-state index contributed by atoms with van der Waals surface area (Å²) in [7, 11) is 1.55. The second kappa shape index (κ2) is 3.32. The molecule has 1 N–H and O–H groups in total. The minimum Gasteiger partial charge on any atom is -0.480 e. The van der Waals surface area contributed by atoms with Crippen molar-refractivity contribution >= 4 is 22.7 Å². The van der Waals surface area contributed by atoms with Gasteiger partial charge in [0.15, 0.2) is 0 Å². The summed E-state index contributed by atoms with van der Waals surface area (Å²) in [6, 6.07) is 5.19. The second-order valence-electron chi connectivity index (χ2n) is 2.67. The van der Waals surface area contributed by atoms with E-state index in [0.717, 1.165) is 10.9 Å². The van der Waals surface area contributed by atoms with Gasteiger partial charge in [0.2, 0.25) is 12.0 Å². The monoisotopic (exact) mass is 189 g/mol. The minimum atomic E-state index is 0.529. The van der Waals surface area contributed by atoms with Crippen LogP contribution in [0.5, 0.6) is 5.88 Å². The number of fused-ring (bicyclic) bond motifs is 1. The van der Waals surface area contributed by atoms with Gasteiger partial charge in [-0.15, -0.1) is 5.10 Å². The molecule has 0 saturated carbocycles. The zero-order valence-corrected chi connectivity index (χ0v) is 7.44.